The van der Waals surface area contributed by atoms with Crippen LogP contribution in [0.1, 0.15) is 40.5 Å². The first-order chi connectivity index (χ1) is 22.7. The Balaban J connectivity index is 1.51. The first-order valence-corrected chi connectivity index (χ1v) is 15.6. The zero-order chi connectivity index (χ0) is 33.5. The quantitative estimate of drug-likeness (QED) is 0.186. The third kappa shape index (κ3) is 7.89. The van der Waals surface area contributed by atoms with Gasteiger partial charge in [-0.3, -0.25) is 0 Å². The number of hydrogen-bond acceptors (Lipinski definition) is 12. The van der Waals surface area contributed by atoms with E-state index in [1.807, 2.05) is 24.3 Å². The van der Waals surface area contributed by atoms with Crippen molar-refractivity contribution < 1.29 is 38.7 Å². The van der Waals surface area contributed by atoms with Crippen molar-refractivity contribution in [3.05, 3.63) is 60.7 Å². The van der Waals surface area contributed by atoms with Crippen LogP contribution in [0.2, 0.25) is 0 Å². The zero-order valence-electron chi connectivity index (χ0n) is 26.8. The van der Waals surface area contributed by atoms with Gasteiger partial charge in [0.05, 0.1) is 24.3 Å². The van der Waals surface area contributed by atoms with Gasteiger partial charge in [-0.05, 0) is 89.1 Å². The Morgan fingerprint density at radius 3 is 1.57 bits per heavy atom. The van der Waals surface area contributed by atoms with Crippen LogP contribution in [0, 0.1) is 0 Å². The van der Waals surface area contributed by atoms with E-state index in [0.717, 1.165) is 31.6 Å². The fraction of sp³-hybridized carbons (Fsp3) is 0.343. The molecule has 1 fully saturated rings. The molecule has 1 aromatic heterocycles. The molecule has 3 aromatic carbocycles. The van der Waals surface area contributed by atoms with Gasteiger partial charge in [-0.1, -0.05) is 0 Å². The van der Waals surface area contributed by atoms with Crippen LogP contribution >= 0.6 is 0 Å². The van der Waals surface area contributed by atoms with Gasteiger partial charge in [0.2, 0.25) is 0 Å². The molecule has 1 saturated heterocycles. The van der Waals surface area contributed by atoms with Gasteiger partial charge in [0, 0.05) is 36.5 Å². The number of aromatic hydroxyl groups is 2. The Labute approximate surface area is 272 Å². The number of aromatic nitrogens is 3. The van der Waals surface area contributed by atoms with E-state index in [-0.39, 0.29) is 59.0 Å². The van der Waals surface area contributed by atoms with E-state index in [4.69, 9.17) is 18.9 Å². The summed E-state index contributed by atoms with van der Waals surface area (Å²) in [5, 5.41) is 22.1. The Morgan fingerprint density at radius 1 is 0.702 bits per heavy atom. The standard InChI is InChI=1S/C35H38N4O8/c1-5-44-34(42)21(3)46-25-13-15-27(29(40)19-25)32-36-31(23-9-11-24(12-10-23)39-17-7-8-18-39)37-33(38-32)28-16-14-26(20-30(28)41)47-22(4)35(43)45-6-2/h9-16,19-22,40-41H,5-8,17-18H2,1-4H3. The van der Waals surface area contributed by atoms with E-state index in [0.29, 0.717) is 11.4 Å². The number of anilines is 1. The van der Waals surface area contributed by atoms with Crippen LogP contribution in [0.25, 0.3) is 34.2 Å². The molecule has 0 saturated carbocycles. The monoisotopic (exact) mass is 642 g/mol. The SMILES string of the molecule is CCOC(=O)C(C)Oc1ccc(-c2nc(-c3ccc(N4CCCC4)cc3)nc(-c3ccc(OC(C)C(=O)OCC)cc3O)n2)c(O)c1. The average Bonchev–Trinajstić information content (AvgIpc) is 3.60. The van der Waals surface area contributed by atoms with E-state index < -0.39 is 24.1 Å². The summed E-state index contributed by atoms with van der Waals surface area (Å²) < 4.78 is 21.3. The van der Waals surface area contributed by atoms with Gasteiger partial charge in [0.15, 0.2) is 29.7 Å². The third-order valence-corrected chi connectivity index (χ3v) is 7.52. The van der Waals surface area contributed by atoms with Crippen LogP contribution in [0.4, 0.5) is 5.69 Å². The predicted octanol–water partition coefficient (Wildman–Crippen LogP) is 5.54. The first kappa shape index (κ1) is 33.0. The Bertz CT molecular complexity index is 1630. The van der Waals surface area contributed by atoms with E-state index in [9.17, 15) is 19.8 Å². The molecule has 1 aliphatic heterocycles. The average molecular weight is 643 g/mol. The summed E-state index contributed by atoms with van der Waals surface area (Å²) in [6.45, 7) is 8.99. The number of rotatable bonds is 12. The summed E-state index contributed by atoms with van der Waals surface area (Å²) in [7, 11) is 0. The second-order valence-corrected chi connectivity index (χ2v) is 10.9. The molecule has 4 aromatic rings. The van der Waals surface area contributed by atoms with Crippen molar-refractivity contribution in [3.63, 3.8) is 0 Å². The maximum Gasteiger partial charge on any atom is 0.347 e. The van der Waals surface area contributed by atoms with Crippen molar-refractivity contribution in [2.75, 3.05) is 31.2 Å². The molecule has 246 valence electrons. The maximum absolute atomic E-state index is 12.0. The van der Waals surface area contributed by atoms with Gasteiger partial charge in [-0.2, -0.15) is 0 Å². The van der Waals surface area contributed by atoms with Gasteiger partial charge < -0.3 is 34.1 Å². The van der Waals surface area contributed by atoms with Gasteiger partial charge in [0.25, 0.3) is 0 Å². The summed E-state index contributed by atoms with van der Waals surface area (Å²) in [6.07, 6.45) is 0.557. The molecule has 5 rings (SSSR count). The molecule has 0 spiro atoms. The summed E-state index contributed by atoms with van der Waals surface area (Å²) >= 11 is 0. The minimum Gasteiger partial charge on any atom is -0.507 e. The van der Waals surface area contributed by atoms with E-state index in [1.165, 1.54) is 12.1 Å². The van der Waals surface area contributed by atoms with Crippen molar-refractivity contribution in [2.45, 2.75) is 52.7 Å². The highest BCUT2D eigenvalue weighted by Crippen LogP contribution is 2.36. The first-order valence-electron chi connectivity index (χ1n) is 15.6. The topological polar surface area (TPSA) is 153 Å². The minimum atomic E-state index is -0.880. The summed E-state index contributed by atoms with van der Waals surface area (Å²) in [4.78, 5) is 40.4. The van der Waals surface area contributed by atoms with Crippen molar-refractivity contribution in [1.82, 2.24) is 15.0 Å². The largest absolute Gasteiger partial charge is 0.507 e. The third-order valence-electron chi connectivity index (χ3n) is 7.52. The Hall–Kier alpha value is -5.39. The summed E-state index contributed by atoms with van der Waals surface area (Å²) in [6, 6.07) is 17.0. The molecule has 2 heterocycles. The van der Waals surface area contributed by atoms with Crippen LogP contribution in [-0.4, -0.2) is 75.6 Å². The lowest BCUT2D eigenvalue weighted by Gasteiger charge is -2.18. The number of carbonyl (C=O) groups is 2. The molecule has 2 atom stereocenters. The molecule has 0 radical (unpaired) electrons. The van der Waals surface area contributed by atoms with Gasteiger partial charge in [-0.15, -0.1) is 0 Å². The Kier molecular flexibility index (Phi) is 10.4. The van der Waals surface area contributed by atoms with Crippen LogP contribution in [0.15, 0.2) is 60.7 Å². The highest BCUT2D eigenvalue weighted by atomic mass is 16.6. The van der Waals surface area contributed by atoms with Crippen molar-refractivity contribution in [3.8, 4) is 57.2 Å². The lowest BCUT2D eigenvalue weighted by molar-refractivity contribution is -0.151. The molecular formula is C35H38N4O8. The van der Waals surface area contributed by atoms with Crippen molar-refractivity contribution >= 4 is 17.6 Å². The van der Waals surface area contributed by atoms with Crippen LogP contribution in [0.5, 0.6) is 23.0 Å². The number of carbonyl (C=O) groups excluding carboxylic acids is 2. The van der Waals surface area contributed by atoms with Gasteiger partial charge >= 0.3 is 11.9 Å². The number of benzene rings is 3. The lowest BCUT2D eigenvalue weighted by Crippen LogP contribution is -2.26. The minimum absolute atomic E-state index is 0.145. The number of ether oxygens (including phenoxy) is 4. The number of nitrogens with zero attached hydrogens (tertiary/aromatic N) is 4. The molecule has 2 unspecified atom stereocenters. The zero-order valence-corrected chi connectivity index (χ0v) is 26.8. The van der Waals surface area contributed by atoms with Gasteiger partial charge in [-0.25, -0.2) is 24.5 Å². The fourth-order valence-corrected chi connectivity index (χ4v) is 5.11. The molecule has 47 heavy (non-hydrogen) atoms. The highest BCUT2D eigenvalue weighted by Gasteiger charge is 2.21. The van der Waals surface area contributed by atoms with Crippen molar-refractivity contribution in [2.24, 2.45) is 0 Å². The molecule has 1 aliphatic rings. The van der Waals surface area contributed by atoms with Crippen LogP contribution in [-0.2, 0) is 19.1 Å². The number of phenolic OH excluding ortho intramolecular Hbond substituents is 2. The second kappa shape index (κ2) is 14.8. The maximum atomic E-state index is 12.0. The van der Waals surface area contributed by atoms with Crippen LogP contribution < -0.4 is 14.4 Å². The molecule has 12 heteroatoms. The van der Waals surface area contributed by atoms with Gasteiger partial charge in [0.1, 0.15) is 23.0 Å². The molecule has 12 nitrogen and oxygen atoms in total. The second-order valence-electron chi connectivity index (χ2n) is 10.9. The molecule has 0 aliphatic carbocycles. The smallest absolute Gasteiger partial charge is 0.347 e. The fourth-order valence-electron chi connectivity index (χ4n) is 5.11. The predicted molar refractivity (Wildman–Crippen MR) is 174 cm³/mol. The number of hydrogen-bond donors (Lipinski definition) is 2. The lowest BCUT2D eigenvalue weighted by atomic mass is 10.1. The number of phenols is 2. The highest BCUT2D eigenvalue weighted by molar-refractivity contribution is 5.76. The van der Waals surface area contributed by atoms with E-state index in [2.05, 4.69) is 19.9 Å². The summed E-state index contributed by atoms with van der Waals surface area (Å²) in [5.74, 6) is -0.301. The Morgan fingerprint density at radius 2 is 1.15 bits per heavy atom. The summed E-state index contributed by atoms with van der Waals surface area (Å²) in [5.41, 5.74) is 2.38. The molecule has 0 amide bonds. The van der Waals surface area contributed by atoms with Crippen LogP contribution in [0.3, 0.4) is 0 Å². The molecule has 0 bridgehead atoms. The normalized spacial score (nSPS) is 13.9. The van der Waals surface area contributed by atoms with E-state index >= 15 is 0 Å². The van der Waals surface area contributed by atoms with E-state index in [1.54, 1.807) is 52.0 Å². The molecule has 2 N–H and O–H groups in total. The number of esters is 2. The molecular weight excluding hydrogens is 604 g/mol. The van der Waals surface area contributed by atoms with Crippen molar-refractivity contribution in [1.29, 1.82) is 0 Å².